The molecule has 2 aromatic rings. The number of hydrogen-bond acceptors (Lipinski definition) is 3. The number of aromatic nitrogens is 1. The molecule has 0 aliphatic carbocycles. The van der Waals surface area contributed by atoms with Gasteiger partial charge in [0.1, 0.15) is 11.5 Å². The maximum absolute atomic E-state index is 13.9. The maximum atomic E-state index is 13.9. The van der Waals surface area contributed by atoms with Crippen LogP contribution in [0, 0.1) is 11.7 Å². The molecule has 5 nitrogen and oxygen atoms in total. The lowest BCUT2D eigenvalue weighted by Crippen LogP contribution is -2.43. The van der Waals surface area contributed by atoms with Gasteiger partial charge in [0.15, 0.2) is 0 Å². The standard InChI is InChI=1S/C23H30FN3O2/c24-21-7-2-1-5-19(21)16-26-12-9-18(10-13-26)15-27(17-20-6-4-14-29-20)23(28)22-8-3-11-25-22/h1-3,5,7-8,11,18,20,25H,4,6,9-10,12-17H2/t20-/m1/s1. The first kappa shape index (κ1) is 20.1. The molecule has 1 aromatic carbocycles. The number of halogens is 1. The molecule has 156 valence electrons. The second kappa shape index (κ2) is 9.55. The van der Waals surface area contributed by atoms with E-state index in [1.807, 2.05) is 29.2 Å². The van der Waals surface area contributed by atoms with E-state index in [0.29, 0.717) is 24.7 Å². The Balaban J connectivity index is 1.33. The van der Waals surface area contributed by atoms with Gasteiger partial charge in [-0.2, -0.15) is 0 Å². The molecule has 1 amide bonds. The van der Waals surface area contributed by atoms with Crippen LogP contribution < -0.4 is 0 Å². The van der Waals surface area contributed by atoms with E-state index in [2.05, 4.69) is 9.88 Å². The van der Waals surface area contributed by atoms with Crippen LogP contribution in [0.4, 0.5) is 4.39 Å². The zero-order valence-electron chi connectivity index (χ0n) is 16.9. The number of rotatable bonds is 7. The molecule has 2 aliphatic heterocycles. The van der Waals surface area contributed by atoms with E-state index < -0.39 is 0 Å². The third-order valence-electron chi connectivity index (χ3n) is 6.10. The number of carbonyl (C=O) groups excluding carboxylic acids is 1. The minimum absolute atomic E-state index is 0.0549. The van der Waals surface area contributed by atoms with E-state index in [1.54, 1.807) is 12.3 Å². The van der Waals surface area contributed by atoms with Crippen LogP contribution in [0.5, 0.6) is 0 Å². The van der Waals surface area contributed by atoms with E-state index in [-0.39, 0.29) is 17.8 Å². The molecule has 2 saturated heterocycles. The average molecular weight is 400 g/mol. The molecule has 29 heavy (non-hydrogen) atoms. The number of piperidine rings is 1. The highest BCUT2D eigenvalue weighted by Gasteiger charge is 2.28. The summed E-state index contributed by atoms with van der Waals surface area (Å²) in [7, 11) is 0. The molecule has 1 atom stereocenters. The van der Waals surface area contributed by atoms with Crippen LogP contribution in [-0.4, -0.2) is 59.6 Å². The molecule has 0 unspecified atom stereocenters. The van der Waals surface area contributed by atoms with Crippen LogP contribution in [0.25, 0.3) is 0 Å². The Morgan fingerprint density at radius 1 is 1.14 bits per heavy atom. The fourth-order valence-corrected chi connectivity index (χ4v) is 4.41. The van der Waals surface area contributed by atoms with Gasteiger partial charge in [0.25, 0.3) is 5.91 Å². The molecular formula is C23H30FN3O2. The van der Waals surface area contributed by atoms with Gasteiger partial charge in [-0.25, -0.2) is 4.39 Å². The van der Waals surface area contributed by atoms with Crippen LogP contribution in [0.3, 0.4) is 0 Å². The lowest BCUT2D eigenvalue weighted by molar-refractivity contribution is 0.0440. The Hall–Kier alpha value is -2.18. The largest absolute Gasteiger partial charge is 0.376 e. The third-order valence-corrected chi connectivity index (χ3v) is 6.10. The number of H-pyrrole nitrogens is 1. The summed E-state index contributed by atoms with van der Waals surface area (Å²) in [5, 5.41) is 0. The monoisotopic (exact) mass is 399 g/mol. The van der Waals surface area contributed by atoms with Gasteiger partial charge in [-0.1, -0.05) is 18.2 Å². The van der Waals surface area contributed by atoms with Crippen LogP contribution >= 0.6 is 0 Å². The molecule has 0 bridgehead atoms. The van der Waals surface area contributed by atoms with Gasteiger partial charge >= 0.3 is 0 Å². The third kappa shape index (κ3) is 5.25. The fraction of sp³-hybridized carbons (Fsp3) is 0.522. The van der Waals surface area contributed by atoms with Crippen LogP contribution in [0.1, 0.15) is 41.7 Å². The van der Waals surface area contributed by atoms with Crippen LogP contribution in [0.2, 0.25) is 0 Å². The van der Waals surface area contributed by atoms with Gasteiger partial charge in [-0.3, -0.25) is 9.69 Å². The van der Waals surface area contributed by atoms with Crippen molar-refractivity contribution < 1.29 is 13.9 Å². The lowest BCUT2D eigenvalue weighted by Gasteiger charge is -2.35. The van der Waals surface area contributed by atoms with Crippen molar-refractivity contribution in [3.05, 3.63) is 59.7 Å². The number of nitrogens with one attached hydrogen (secondary N) is 1. The maximum Gasteiger partial charge on any atom is 0.270 e. The number of carbonyl (C=O) groups is 1. The molecule has 0 saturated carbocycles. The van der Waals surface area contributed by atoms with Gasteiger partial charge in [0.05, 0.1) is 6.10 Å². The Labute approximate surface area is 171 Å². The number of benzene rings is 1. The summed E-state index contributed by atoms with van der Waals surface area (Å²) < 4.78 is 19.7. The fourth-order valence-electron chi connectivity index (χ4n) is 4.41. The highest BCUT2D eigenvalue weighted by molar-refractivity contribution is 5.92. The van der Waals surface area contributed by atoms with E-state index in [1.165, 1.54) is 6.07 Å². The molecule has 6 heteroatoms. The predicted molar refractivity (Wildman–Crippen MR) is 110 cm³/mol. The van der Waals surface area contributed by atoms with E-state index in [4.69, 9.17) is 4.74 Å². The minimum atomic E-state index is -0.131. The van der Waals surface area contributed by atoms with Crippen molar-refractivity contribution in [2.24, 2.45) is 5.92 Å². The first-order chi connectivity index (χ1) is 14.2. The van der Waals surface area contributed by atoms with Gasteiger partial charge < -0.3 is 14.6 Å². The van der Waals surface area contributed by atoms with Crippen molar-refractivity contribution >= 4 is 5.91 Å². The summed E-state index contributed by atoms with van der Waals surface area (Å²) in [5.74, 6) is 0.389. The molecule has 0 radical (unpaired) electrons. The average Bonchev–Trinajstić information content (AvgIpc) is 3.44. The summed E-state index contributed by atoms with van der Waals surface area (Å²) in [6.45, 7) is 4.73. The summed E-state index contributed by atoms with van der Waals surface area (Å²) in [6.07, 6.45) is 6.08. The molecule has 2 aliphatic rings. The van der Waals surface area contributed by atoms with Gasteiger partial charge in [0, 0.05) is 38.0 Å². The molecule has 3 heterocycles. The Bertz CT molecular complexity index is 781. The normalized spacial score (nSPS) is 20.8. The summed E-state index contributed by atoms with van der Waals surface area (Å²) in [4.78, 5) is 20.3. The number of aromatic amines is 1. The number of ether oxygens (including phenoxy) is 1. The molecule has 1 N–H and O–H groups in total. The first-order valence-electron chi connectivity index (χ1n) is 10.7. The van der Waals surface area contributed by atoms with E-state index >= 15 is 0 Å². The summed E-state index contributed by atoms with van der Waals surface area (Å²) in [6, 6.07) is 10.7. The van der Waals surface area contributed by atoms with Crippen LogP contribution in [-0.2, 0) is 11.3 Å². The van der Waals surface area contributed by atoms with Crippen LogP contribution in [0.15, 0.2) is 42.6 Å². The highest BCUT2D eigenvalue weighted by Crippen LogP contribution is 2.23. The second-order valence-corrected chi connectivity index (χ2v) is 8.24. The van der Waals surface area contributed by atoms with Gasteiger partial charge in [-0.15, -0.1) is 0 Å². The van der Waals surface area contributed by atoms with Gasteiger partial charge in [0.2, 0.25) is 0 Å². The summed E-state index contributed by atoms with van der Waals surface area (Å²) >= 11 is 0. The van der Waals surface area contributed by atoms with Crippen molar-refractivity contribution in [3.8, 4) is 0 Å². The Morgan fingerprint density at radius 2 is 1.97 bits per heavy atom. The molecule has 2 fully saturated rings. The van der Waals surface area contributed by atoms with Crippen molar-refractivity contribution in [2.45, 2.75) is 38.3 Å². The SMILES string of the molecule is O=C(c1ccc[nH]1)N(CC1CCN(Cc2ccccc2F)CC1)C[C@H]1CCCO1. The number of hydrogen-bond donors (Lipinski definition) is 1. The predicted octanol–water partition coefficient (Wildman–Crippen LogP) is 3.69. The van der Waals surface area contributed by atoms with Crippen molar-refractivity contribution in [1.29, 1.82) is 0 Å². The first-order valence-corrected chi connectivity index (χ1v) is 10.7. The van der Waals surface area contributed by atoms with E-state index in [9.17, 15) is 9.18 Å². The lowest BCUT2D eigenvalue weighted by atomic mass is 9.95. The van der Waals surface area contributed by atoms with Crippen molar-refractivity contribution in [1.82, 2.24) is 14.8 Å². The topological polar surface area (TPSA) is 48.6 Å². The van der Waals surface area contributed by atoms with Crippen molar-refractivity contribution in [2.75, 3.05) is 32.8 Å². The summed E-state index contributed by atoms with van der Waals surface area (Å²) in [5.41, 5.74) is 1.40. The molecule has 4 rings (SSSR count). The molecule has 1 aromatic heterocycles. The van der Waals surface area contributed by atoms with Gasteiger partial charge in [-0.05, 0) is 62.9 Å². The number of nitrogens with zero attached hydrogens (tertiary/aromatic N) is 2. The quantitative estimate of drug-likeness (QED) is 0.773. The smallest absolute Gasteiger partial charge is 0.270 e. The van der Waals surface area contributed by atoms with E-state index in [0.717, 1.165) is 57.5 Å². The minimum Gasteiger partial charge on any atom is -0.376 e. The zero-order valence-corrected chi connectivity index (χ0v) is 16.9. The Morgan fingerprint density at radius 3 is 2.66 bits per heavy atom. The zero-order chi connectivity index (χ0) is 20.1. The van der Waals surface area contributed by atoms with Crippen molar-refractivity contribution in [3.63, 3.8) is 0 Å². The molecular weight excluding hydrogens is 369 g/mol. The molecule has 0 spiro atoms. The Kier molecular flexibility index (Phi) is 6.62. The second-order valence-electron chi connectivity index (χ2n) is 8.24. The highest BCUT2D eigenvalue weighted by atomic mass is 19.1. The number of likely N-dealkylation sites (tertiary alicyclic amines) is 1. The number of amides is 1.